The van der Waals surface area contributed by atoms with Gasteiger partial charge in [-0.25, -0.2) is 5.43 Å². The van der Waals surface area contributed by atoms with Gasteiger partial charge < -0.3 is 14.2 Å². The smallest absolute Gasteiger partial charge is 0.271 e. The maximum absolute atomic E-state index is 12.4. The Morgan fingerprint density at radius 2 is 1.74 bits per heavy atom. The van der Waals surface area contributed by atoms with E-state index in [-0.39, 0.29) is 28.1 Å². The summed E-state index contributed by atoms with van der Waals surface area (Å²) in [4.78, 5) is 22.7. The number of hydrazone groups is 1. The monoisotopic (exact) mass is 517 g/mol. The van der Waals surface area contributed by atoms with E-state index in [2.05, 4.69) is 10.5 Å². The average molecular weight is 518 g/mol. The zero-order chi connectivity index (χ0) is 25.4. The van der Waals surface area contributed by atoms with Gasteiger partial charge in [0.05, 0.1) is 34.9 Å². The first-order chi connectivity index (χ1) is 16.8. The number of carbonyl (C=O) groups is 1. The Labute approximate surface area is 211 Å². The summed E-state index contributed by atoms with van der Waals surface area (Å²) in [5.74, 6) is 0.793. The van der Waals surface area contributed by atoms with E-state index in [0.717, 1.165) is 0 Å². The first-order valence-corrected chi connectivity index (χ1v) is 11.1. The Morgan fingerprint density at radius 3 is 2.34 bits per heavy atom. The number of rotatable bonds is 10. The Morgan fingerprint density at radius 1 is 1.06 bits per heavy atom. The number of ether oxygens (including phenoxy) is 3. The predicted octanol–water partition coefficient (Wildman–Crippen LogP) is 5.65. The molecule has 0 aliphatic heterocycles. The minimum atomic E-state index is -0.476. The maximum Gasteiger partial charge on any atom is 0.271 e. The van der Waals surface area contributed by atoms with Crippen LogP contribution in [0.15, 0.2) is 59.7 Å². The van der Waals surface area contributed by atoms with E-state index in [9.17, 15) is 14.9 Å². The fourth-order valence-corrected chi connectivity index (χ4v) is 3.59. The number of benzene rings is 3. The lowest BCUT2D eigenvalue weighted by atomic mass is 10.2. The van der Waals surface area contributed by atoms with Crippen molar-refractivity contribution in [2.75, 3.05) is 13.7 Å². The number of nitro groups is 1. The van der Waals surface area contributed by atoms with Crippen molar-refractivity contribution in [2.24, 2.45) is 5.10 Å². The molecule has 0 saturated heterocycles. The van der Waals surface area contributed by atoms with Crippen LogP contribution in [0.2, 0.25) is 10.0 Å². The van der Waals surface area contributed by atoms with E-state index in [4.69, 9.17) is 37.4 Å². The van der Waals surface area contributed by atoms with Gasteiger partial charge in [0, 0.05) is 17.7 Å². The molecule has 0 radical (unpaired) electrons. The highest BCUT2D eigenvalue weighted by Gasteiger charge is 2.12. The Kier molecular flexibility index (Phi) is 8.88. The molecule has 0 spiro atoms. The topological polar surface area (TPSA) is 112 Å². The normalized spacial score (nSPS) is 10.7. The molecule has 9 nitrogen and oxygen atoms in total. The molecule has 0 saturated carbocycles. The fraction of sp³-hybridized carbons (Fsp3) is 0.167. The van der Waals surface area contributed by atoms with Crippen LogP contribution >= 0.6 is 23.2 Å². The van der Waals surface area contributed by atoms with Crippen LogP contribution in [-0.2, 0) is 6.61 Å². The number of amides is 1. The van der Waals surface area contributed by atoms with E-state index in [1.54, 1.807) is 42.5 Å². The van der Waals surface area contributed by atoms with Crippen molar-refractivity contribution in [1.29, 1.82) is 0 Å². The summed E-state index contributed by atoms with van der Waals surface area (Å²) in [6, 6.07) is 13.9. The number of nitrogens with zero attached hydrogens (tertiary/aromatic N) is 2. The number of methoxy groups -OCH3 is 1. The lowest BCUT2D eigenvalue weighted by Crippen LogP contribution is -2.17. The summed E-state index contributed by atoms with van der Waals surface area (Å²) >= 11 is 12.6. The molecule has 1 N–H and O–H groups in total. The molecule has 3 aromatic rings. The zero-order valence-corrected chi connectivity index (χ0v) is 20.3. The van der Waals surface area contributed by atoms with Crippen molar-refractivity contribution in [3.63, 3.8) is 0 Å². The second kappa shape index (κ2) is 12.0. The van der Waals surface area contributed by atoms with Gasteiger partial charge in [0.25, 0.3) is 11.6 Å². The number of halogens is 2. The van der Waals surface area contributed by atoms with Gasteiger partial charge in [-0.2, -0.15) is 5.10 Å². The van der Waals surface area contributed by atoms with Crippen molar-refractivity contribution < 1.29 is 23.9 Å². The molecule has 0 heterocycles. The highest BCUT2D eigenvalue weighted by Crippen LogP contribution is 2.34. The van der Waals surface area contributed by atoms with Crippen LogP contribution in [0.1, 0.15) is 28.4 Å². The predicted molar refractivity (Wildman–Crippen MR) is 133 cm³/mol. The van der Waals surface area contributed by atoms with Gasteiger partial charge in [-0.3, -0.25) is 14.9 Å². The van der Waals surface area contributed by atoms with Crippen molar-refractivity contribution >= 4 is 41.0 Å². The van der Waals surface area contributed by atoms with Crippen LogP contribution < -0.4 is 19.6 Å². The van der Waals surface area contributed by atoms with Crippen molar-refractivity contribution in [3.8, 4) is 17.2 Å². The van der Waals surface area contributed by atoms with Crippen LogP contribution in [0.25, 0.3) is 0 Å². The quantitative estimate of drug-likeness (QED) is 0.211. The van der Waals surface area contributed by atoms with Crippen LogP contribution in [0.4, 0.5) is 5.69 Å². The Hall–Kier alpha value is -3.82. The molecule has 11 heteroatoms. The van der Waals surface area contributed by atoms with Crippen molar-refractivity contribution in [2.45, 2.75) is 13.5 Å². The summed E-state index contributed by atoms with van der Waals surface area (Å²) in [7, 11) is 1.52. The molecule has 182 valence electrons. The molecular formula is C24H21Cl2N3O6. The molecule has 0 bridgehead atoms. The number of hydrogen-bond acceptors (Lipinski definition) is 7. The van der Waals surface area contributed by atoms with Crippen LogP contribution in [0, 0.1) is 10.1 Å². The lowest BCUT2D eigenvalue weighted by Gasteiger charge is -2.11. The van der Waals surface area contributed by atoms with Crippen LogP contribution in [-0.4, -0.2) is 30.8 Å². The molecular weight excluding hydrogens is 497 g/mol. The van der Waals surface area contributed by atoms with Crippen molar-refractivity contribution in [3.05, 3.63) is 91.4 Å². The van der Waals surface area contributed by atoms with E-state index >= 15 is 0 Å². The molecule has 0 fully saturated rings. The first kappa shape index (κ1) is 25.8. The minimum Gasteiger partial charge on any atom is -0.493 e. The van der Waals surface area contributed by atoms with Gasteiger partial charge in [0.2, 0.25) is 0 Å². The van der Waals surface area contributed by atoms with Gasteiger partial charge in [0.15, 0.2) is 17.2 Å². The largest absolute Gasteiger partial charge is 0.493 e. The third-order valence-corrected chi connectivity index (χ3v) is 5.22. The number of non-ortho nitro benzene ring substituents is 1. The van der Waals surface area contributed by atoms with E-state index in [0.29, 0.717) is 34.8 Å². The number of nitro benzene ring substituents is 1. The maximum atomic E-state index is 12.4. The summed E-state index contributed by atoms with van der Waals surface area (Å²) in [6.45, 7) is 2.37. The third kappa shape index (κ3) is 6.84. The van der Waals surface area contributed by atoms with Crippen LogP contribution in [0.5, 0.6) is 17.2 Å². The molecule has 0 aromatic heterocycles. The van der Waals surface area contributed by atoms with Gasteiger partial charge in [-0.15, -0.1) is 0 Å². The van der Waals surface area contributed by atoms with Gasteiger partial charge in [0.1, 0.15) is 6.61 Å². The number of nitrogens with one attached hydrogen (secondary N) is 1. The molecule has 0 atom stereocenters. The second-order valence-electron chi connectivity index (χ2n) is 7.02. The number of hydrogen-bond donors (Lipinski definition) is 1. The lowest BCUT2D eigenvalue weighted by molar-refractivity contribution is -0.384. The van der Waals surface area contributed by atoms with E-state index < -0.39 is 10.8 Å². The molecule has 3 aromatic carbocycles. The molecule has 0 unspecified atom stereocenters. The Balaban J connectivity index is 1.64. The summed E-state index contributed by atoms with van der Waals surface area (Å²) in [5.41, 5.74) is 4.01. The molecule has 35 heavy (non-hydrogen) atoms. The van der Waals surface area contributed by atoms with Crippen molar-refractivity contribution in [1.82, 2.24) is 5.43 Å². The summed E-state index contributed by atoms with van der Waals surface area (Å²) < 4.78 is 16.4. The second-order valence-corrected chi connectivity index (χ2v) is 7.84. The number of carbonyl (C=O) groups excluding carboxylic acids is 1. The zero-order valence-electron chi connectivity index (χ0n) is 18.8. The highest BCUT2D eigenvalue weighted by atomic mass is 35.5. The standard InChI is InChI=1S/C24H21Cl2N3O6/c1-3-34-22-12-17(6-9-21(22)33-2)24(30)28-27-13-16-10-19(25)23(20(26)11-16)35-14-15-4-7-18(8-5-15)29(31)32/h4-13H,3,14H2,1-2H3,(H,28,30)/b27-13+. The van der Waals surface area contributed by atoms with Gasteiger partial charge in [-0.1, -0.05) is 23.2 Å². The van der Waals surface area contributed by atoms with E-state index in [1.807, 2.05) is 6.92 Å². The Bertz CT molecular complexity index is 1230. The molecule has 3 rings (SSSR count). The average Bonchev–Trinajstić information content (AvgIpc) is 2.84. The molecule has 0 aliphatic carbocycles. The minimum absolute atomic E-state index is 0.0118. The first-order valence-electron chi connectivity index (χ1n) is 10.3. The summed E-state index contributed by atoms with van der Waals surface area (Å²) in [5, 5.41) is 15.2. The molecule has 0 aliphatic rings. The highest BCUT2D eigenvalue weighted by molar-refractivity contribution is 6.37. The molecule has 1 amide bonds. The van der Waals surface area contributed by atoms with Gasteiger partial charge >= 0.3 is 0 Å². The van der Waals surface area contributed by atoms with Crippen LogP contribution in [0.3, 0.4) is 0 Å². The fourth-order valence-electron chi connectivity index (χ4n) is 2.98. The van der Waals surface area contributed by atoms with E-state index in [1.165, 1.54) is 25.5 Å². The SMILES string of the molecule is CCOc1cc(C(=O)N/N=C/c2cc(Cl)c(OCc3ccc([N+](=O)[O-])cc3)c(Cl)c2)ccc1OC. The summed E-state index contributed by atoms with van der Waals surface area (Å²) in [6.07, 6.45) is 1.39. The third-order valence-electron chi connectivity index (χ3n) is 4.66. The van der Waals surface area contributed by atoms with Gasteiger partial charge in [-0.05, 0) is 60.5 Å².